The zero-order valence-electron chi connectivity index (χ0n) is 15.2. The Morgan fingerprint density at radius 3 is 2.69 bits per heavy atom. The molecule has 7 nitrogen and oxygen atoms in total. The summed E-state index contributed by atoms with van der Waals surface area (Å²) in [5, 5.41) is 11.8. The maximum atomic E-state index is 13.4. The van der Waals surface area contributed by atoms with Crippen molar-refractivity contribution in [2.75, 3.05) is 5.32 Å². The van der Waals surface area contributed by atoms with E-state index in [9.17, 15) is 18.4 Å². The number of nitrogens with one attached hydrogen (secondary N) is 3. The normalized spacial score (nSPS) is 15.9. The molecular weight excluding hydrogens is 380 g/mol. The third-order valence-electron chi connectivity index (χ3n) is 4.67. The zero-order chi connectivity index (χ0) is 20.4. The molecule has 3 N–H and O–H groups in total. The van der Waals surface area contributed by atoms with E-state index in [1.54, 1.807) is 18.2 Å². The quantitative estimate of drug-likeness (QED) is 0.629. The fraction of sp³-hybridized carbons (Fsp3) is 0.200. The Morgan fingerprint density at radius 1 is 1.14 bits per heavy atom. The number of anilines is 1. The number of aromatic amines is 1. The number of benzene rings is 2. The molecule has 148 valence electrons. The van der Waals surface area contributed by atoms with E-state index in [-0.39, 0.29) is 11.6 Å². The van der Waals surface area contributed by atoms with E-state index in [0.29, 0.717) is 30.8 Å². The van der Waals surface area contributed by atoms with Crippen LogP contribution in [0.3, 0.4) is 0 Å². The number of amides is 2. The van der Waals surface area contributed by atoms with Gasteiger partial charge in [0.2, 0.25) is 11.7 Å². The number of rotatable bonds is 4. The molecule has 0 aliphatic carbocycles. The Kier molecular flexibility index (Phi) is 5.03. The molecule has 1 unspecified atom stereocenters. The second-order valence-corrected chi connectivity index (χ2v) is 6.76. The summed E-state index contributed by atoms with van der Waals surface area (Å²) in [7, 11) is 0. The highest BCUT2D eigenvalue weighted by atomic mass is 19.1. The van der Waals surface area contributed by atoms with Crippen LogP contribution >= 0.6 is 0 Å². The minimum Gasteiger partial charge on any atom is -0.337 e. The van der Waals surface area contributed by atoms with Crippen LogP contribution in [0, 0.1) is 11.6 Å². The first-order valence-electron chi connectivity index (χ1n) is 9.04. The lowest BCUT2D eigenvalue weighted by atomic mass is 10.1. The molecular formula is C20H17F2N5O2. The highest BCUT2D eigenvalue weighted by Gasteiger charge is 2.27. The maximum absolute atomic E-state index is 13.4. The second kappa shape index (κ2) is 7.78. The number of halogens is 2. The molecule has 1 atom stereocenters. The van der Waals surface area contributed by atoms with Gasteiger partial charge in [0.15, 0.2) is 0 Å². The molecule has 9 heteroatoms. The largest absolute Gasteiger partial charge is 0.337 e. The fourth-order valence-electron chi connectivity index (χ4n) is 3.17. The number of carbonyl (C=O) groups excluding carboxylic acids is 2. The number of aryl methyl sites for hydroxylation is 1. The summed E-state index contributed by atoms with van der Waals surface area (Å²) in [5.74, 6) is -1.45. The average molecular weight is 397 g/mol. The summed E-state index contributed by atoms with van der Waals surface area (Å²) in [4.78, 5) is 29.0. The van der Waals surface area contributed by atoms with Gasteiger partial charge in [0.25, 0.3) is 5.91 Å². The van der Waals surface area contributed by atoms with Crippen LogP contribution in [0.1, 0.15) is 34.0 Å². The van der Waals surface area contributed by atoms with Crippen molar-refractivity contribution in [3.8, 4) is 0 Å². The molecule has 2 amide bonds. The summed E-state index contributed by atoms with van der Waals surface area (Å²) in [6.07, 6.45) is 1.22. The van der Waals surface area contributed by atoms with Crippen molar-refractivity contribution in [3.63, 3.8) is 0 Å². The molecule has 0 saturated carbocycles. The third kappa shape index (κ3) is 4.29. The molecule has 0 bridgehead atoms. The van der Waals surface area contributed by atoms with Crippen molar-refractivity contribution in [3.05, 3.63) is 76.9 Å². The first-order valence-corrected chi connectivity index (χ1v) is 9.04. The maximum Gasteiger partial charge on any atom is 0.291 e. The predicted octanol–water partition coefficient (Wildman–Crippen LogP) is 2.36. The standard InChI is InChI=1S/C20H17F2N5O2/c21-13-5-1-11(2-6-13)9-17-25-18(27-26-17)20(29)23-15-8-4-12-3-7-14(22)10-16(12)24-19(15)28/h1-3,5-7,10,15H,4,8-9H2,(H,23,29)(H,24,28)(H,25,26,27). The molecule has 0 radical (unpaired) electrons. The van der Waals surface area contributed by atoms with Gasteiger partial charge in [0.05, 0.1) is 0 Å². The highest BCUT2D eigenvalue weighted by molar-refractivity contribution is 6.00. The number of aromatic nitrogens is 3. The first kappa shape index (κ1) is 18.7. The van der Waals surface area contributed by atoms with Gasteiger partial charge in [0.1, 0.15) is 23.5 Å². The molecule has 3 aromatic rings. The van der Waals surface area contributed by atoms with Crippen molar-refractivity contribution in [2.45, 2.75) is 25.3 Å². The summed E-state index contributed by atoms with van der Waals surface area (Å²) >= 11 is 0. The van der Waals surface area contributed by atoms with E-state index in [0.717, 1.165) is 11.1 Å². The number of hydrogen-bond acceptors (Lipinski definition) is 4. The van der Waals surface area contributed by atoms with Gasteiger partial charge >= 0.3 is 0 Å². The molecule has 0 fully saturated rings. The molecule has 1 aliphatic rings. The summed E-state index contributed by atoms with van der Waals surface area (Å²) < 4.78 is 26.4. The van der Waals surface area contributed by atoms with Crippen LogP contribution in [-0.4, -0.2) is 33.0 Å². The first-order chi connectivity index (χ1) is 14.0. The number of H-pyrrole nitrogens is 1. The number of fused-ring (bicyclic) bond motifs is 1. The topological polar surface area (TPSA) is 99.8 Å². The van der Waals surface area contributed by atoms with E-state index in [1.165, 1.54) is 24.3 Å². The number of carbonyl (C=O) groups is 2. The Bertz CT molecular complexity index is 1060. The molecule has 0 spiro atoms. The van der Waals surface area contributed by atoms with Crippen molar-refractivity contribution < 1.29 is 18.4 Å². The van der Waals surface area contributed by atoms with Gasteiger partial charge < -0.3 is 10.6 Å². The third-order valence-corrected chi connectivity index (χ3v) is 4.67. The second-order valence-electron chi connectivity index (χ2n) is 6.76. The highest BCUT2D eigenvalue weighted by Crippen LogP contribution is 2.23. The molecule has 4 rings (SSSR count). The van der Waals surface area contributed by atoms with Crippen molar-refractivity contribution in [1.29, 1.82) is 0 Å². The fourth-order valence-corrected chi connectivity index (χ4v) is 3.17. The van der Waals surface area contributed by atoms with Gasteiger partial charge in [-0.3, -0.25) is 14.7 Å². The lowest BCUT2D eigenvalue weighted by molar-refractivity contribution is -0.118. The van der Waals surface area contributed by atoms with E-state index >= 15 is 0 Å². The Hall–Kier alpha value is -3.62. The molecule has 2 aromatic carbocycles. The van der Waals surface area contributed by atoms with Crippen LogP contribution in [0.25, 0.3) is 0 Å². The minimum atomic E-state index is -0.794. The van der Waals surface area contributed by atoms with Gasteiger partial charge in [0, 0.05) is 12.1 Å². The van der Waals surface area contributed by atoms with Gasteiger partial charge in [-0.1, -0.05) is 18.2 Å². The minimum absolute atomic E-state index is 0.0947. The lowest BCUT2D eigenvalue weighted by Crippen LogP contribution is -2.43. The van der Waals surface area contributed by atoms with E-state index in [2.05, 4.69) is 25.8 Å². The predicted molar refractivity (Wildman–Crippen MR) is 100 cm³/mol. The van der Waals surface area contributed by atoms with Crippen molar-refractivity contribution in [2.24, 2.45) is 0 Å². The van der Waals surface area contributed by atoms with E-state index in [1.807, 2.05) is 0 Å². The molecule has 2 heterocycles. The molecule has 29 heavy (non-hydrogen) atoms. The van der Waals surface area contributed by atoms with Crippen LogP contribution < -0.4 is 10.6 Å². The summed E-state index contributed by atoms with van der Waals surface area (Å²) in [6.45, 7) is 0. The zero-order valence-corrected chi connectivity index (χ0v) is 15.2. The Balaban J connectivity index is 1.41. The monoisotopic (exact) mass is 397 g/mol. The van der Waals surface area contributed by atoms with Crippen LogP contribution in [-0.2, 0) is 17.6 Å². The van der Waals surface area contributed by atoms with E-state index < -0.39 is 23.7 Å². The average Bonchev–Trinajstić information content (AvgIpc) is 3.10. The van der Waals surface area contributed by atoms with Gasteiger partial charge in [-0.05, 0) is 48.2 Å². The van der Waals surface area contributed by atoms with Gasteiger partial charge in [-0.2, -0.15) is 0 Å². The Morgan fingerprint density at radius 2 is 1.90 bits per heavy atom. The van der Waals surface area contributed by atoms with Crippen LogP contribution in [0.4, 0.5) is 14.5 Å². The number of hydrogen-bond donors (Lipinski definition) is 3. The Labute approximate surface area is 164 Å². The van der Waals surface area contributed by atoms with Crippen molar-refractivity contribution >= 4 is 17.5 Å². The van der Waals surface area contributed by atoms with Crippen molar-refractivity contribution in [1.82, 2.24) is 20.5 Å². The van der Waals surface area contributed by atoms with Crippen LogP contribution in [0.15, 0.2) is 42.5 Å². The molecule has 1 aromatic heterocycles. The SMILES string of the molecule is O=C(NC1CCc2ccc(F)cc2NC1=O)c1n[nH]c(Cc2ccc(F)cc2)n1. The summed E-state index contributed by atoms with van der Waals surface area (Å²) in [6, 6.07) is 9.33. The molecule has 0 saturated heterocycles. The van der Waals surface area contributed by atoms with Gasteiger partial charge in [-0.25, -0.2) is 13.8 Å². The number of nitrogens with zero attached hydrogens (tertiary/aromatic N) is 2. The smallest absolute Gasteiger partial charge is 0.291 e. The van der Waals surface area contributed by atoms with Crippen LogP contribution in [0.2, 0.25) is 0 Å². The van der Waals surface area contributed by atoms with Crippen LogP contribution in [0.5, 0.6) is 0 Å². The summed E-state index contributed by atoms with van der Waals surface area (Å²) in [5.41, 5.74) is 2.02. The molecule has 1 aliphatic heterocycles. The van der Waals surface area contributed by atoms with E-state index in [4.69, 9.17) is 0 Å². The lowest BCUT2D eigenvalue weighted by Gasteiger charge is -2.13. The van der Waals surface area contributed by atoms with Gasteiger partial charge in [-0.15, -0.1) is 5.10 Å².